The first-order valence-corrected chi connectivity index (χ1v) is 4.39. The van der Waals surface area contributed by atoms with E-state index >= 15 is 0 Å². The Bertz CT molecular complexity index is 264. The van der Waals surface area contributed by atoms with Gasteiger partial charge in [-0.3, -0.25) is 4.79 Å². The number of halogens is 1. The number of carbonyl (C=O) groups excluding carboxylic acids is 1. The fourth-order valence-electron chi connectivity index (χ4n) is 0.981. The van der Waals surface area contributed by atoms with Crippen LogP contribution in [0.2, 0.25) is 0 Å². The first-order valence-electron chi connectivity index (χ1n) is 3.85. The number of carbonyl (C=O) groups is 1. The standard InChI is InChI=1S/C10H11ClO/c1-8-2-4-9(5-3-8)6-10(12)7-11/h2-5H,6-7H2,1H3. The van der Waals surface area contributed by atoms with Crippen LogP contribution >= 0.6 is 11.6 Å². The van der Waals surface area contributed by atoms with Crippen LogP contribution in [0.25, 0.3) is 0 Å². The van der Waals surface area contributed by atoms with Gasteiger partial charge in [-0.05, 0) is 12.5 Å². The number of hydrogen-bond donors (Lipinski definition) is 0. The Morgan fingerprint density at radius 2 is 1.92 bits per heavy atom. The van der Waals surface area contributed by atoms with Gasteiger partial charge in [0.05, 0.1) is 5.88 Å². The first-order chi connectivity index (χ1) is 5.72. The summed E-state index contributed by atoms with van der Waals surface area (Å²) in [5.41, 5.74) is 2.24. The molecule has 0 radical (unpaired) electrons. The normalized spacial score (nSPS) is 9.83. The van der Waals surface area contributed by atoms with Crippen LogP contribution in [0.4, 0.5) is 0 Å². The summed E-state index contributed by atoms with van der Waals surface area (Å²) in [6.45, 7) is 2.02. The van der Waals surface area contributed by atoms with Crippen LogP contribution in [0.3, 0.4) is 0 Å². The van der Waals surface area contributed by atoms with Crippen molar-refractivity contribution in [2.45, 2.75) is 13.3 Å². The fourth-order valence-corrected chi connectivity index (χ4v) is 1.08. The molecule has 1 aromatic carbocycles. The highest BCUT2D eigenvalue weighted by atomic mass is 35.5. The maximum absolute atomic E-state index is 10.9. The topological polar surface area (TPSA) is 17.1 Å². The van der Waals surface area contributed by atoms with Gasteiger partial charge in [-0.25, -0.2) is 0 Å². The molecule has 64 valence electrons. The summed E-state index contributed by atoms with van der Waals surface area (Å²) >= 11 is 5.38. The fraction of sp³-hybridized carbons (Fsp3) is 0.300. The van der Waals surface area contributed by atoms with Crippen molar-refractivity contribution in [3.63, 3.8) is 0 Å². The van der Waals surface area contributed by atoms with Crippen molar-refractivity contribution in [2.75, 3.05) is 5.88 Å². The molecule has 0 heterocycles. The van der Waals surface area contributed by atoms with Gasteiger partial charge < -0.3 is 0 Å². The smallest absolute Gasteiger partial charge is 0.151 e. The molecule has 2 heteroatoms. The minimum atomic E-state index is 0.0699. The number of benzene rings is 1. The minimum absolute atomic E-state index is 0.0699. The van der Waals surface area contributed by atoms with Crippen molar-refractivity contribution in [1.29, 1.82) is 0 Å². The Morgan fingerprint density at radius 1 is 1.33 bits per heavy atom. The summed E-state index contributed by atoms with van der Waals surface area (Å²) in [7, 11) is 0. The Hall–Kier alpha value is -0.820. The van der Waals surface area contributed by atoms with Gasteiger partial charge in [-0.1, -0.05) is 29.8 Å². The van der Waals surface area contributed by atoms with Gasteiger partial charge in [0.2, 0.25) is 0 Å². The zero-order valence-electron chi connectivity index (χ0n) is 7.01. The Labute approximate surface area is 77.4 Å². The van der Waals surface area contributed by atoms with Gasteiger partial charge in [-0.2, -0.15) is 0 Å². The maximum Gasteiger partial charge on any atom is 0.151 e. The molecule has 1 rings (SSSR count). The number of hydrogen-bond acceptors (Lipinski definition) is 1. The second-order valence-electron chi connectivity index (χ2n) is 2.83. The molecule has 1 aromatic rings. The van der Waals surface area contributed by atoms with Gasteiger partial charge in [0.25, 0.3) is 0 Å². The molecule has 0 aliphatic rings. The summed E-state index contributed by atoms with van der Waals surface area (Å²) in [5, 5.41) is 0. The number of alkyl halides is 1. The molecule has 12 heavy (non-hydrogen) atoms. The quantitative estimate of drug-likeness (QED) is 0.656. The summed E-state index contributed by atoms with van der Waals surface area (Å²) in [5.74, 6) is 0.175. The van der Waals surface area contributed by atoms with E-state index in [0.29, 0.717) is 6.42 Å². The van der Waals surface area contributed by atoms with E-state index in [4.69, 9.17) is 11.6 Å². The second kappa shape index (κ2) is 4.27. The van der Waals surface area contributed by atoms with E-state index in [-0.39, 0.29) is 11.7 Å². The molecule has 0 atom stereocenters. The van der Waals surface area contributed by atoms with Crippen LogP contribution in [-0.2, 0) is 11.2 Å². The van der Waals surface area contributed by atoms with Crippen LogP contribution in [0.1, 0.15) is 11.1 Å². The zero-order valence-corrected chi connectivity index (χ0v) is 7.77. The lowest BCUT2D eigenvalue weighted by Gasteiger charge is -1.98. The largest absolute Gasteiger partial charge is 0.298 e. The van der Waals surface area contributed by atoms with E-state index in [1.807, 2.05) is 31.2 Å². The molecule has 0 spiro atoms. The molecule has 0 saturated carbocycles. The molecule has 0 amide bonds. The van der Waals surface area contributed by atoms with Crippen molar-refractivity contribution in [3.05, 3.63) is 35.4 Å². The van der Waals surface area contributed by atoms with Crippen molar-refractivity contribution in [2.24, 2.45) is 0 Å². The molecule has 0 N–H and O–H groups in total. The lowest BCUT2D eigenvalue weighted by Crippen LogP contribution is -2.03. The summed E-state index contributed by atoms with van der Waals surface area (Å²) in [4.78, 5) is 10.9. The van der Waals surface area contributed by atoms with E-state index < -0.39 is 0 Å². The van der Waals surface area contributed by atoms with E-state index in [2.05, 4.69) is 0 Å². The van der Waals surface area contributed by atoms with Gasteiger partial charge in [0.1, 0.15) is 0 Å². The molecule has 1 nitrogen and oxygen atoms in total. The highest BCUT2D eigenvalue weighted by Gasteiger charge is 2.00. The third kappa shape index (κ3) is 2.67. The first kappa shape index (κ1) is 9.27. The van der Waals surface area contributed by atoms with Crippen molar-refractivity contribution < 1.29 is 4.79 Å². The highest BCUT2D eigenvalue weighted by molar-refractivity contribution is 6.27. The number of aryl methyl sites for hydroxylation is 1. The lowest BCUT2D eigenvalue weighted by molar-refractivity contribution is -0.116. The SMILES string of the molecule is Cc1ccc(CC(=O)CCl)cc1. The minimum Gasteiger partial charge on any atom is -0.298 e. The van der Waals surface area contributed by atoms with Gasteiger partial charge in [-0.15, -0.1) is 11.6 Å². The van der Waals surface area contributed by atoms with Gasteiger partial charge in [0.15, 0.2) is 5.78 Å². The van der Waals surface area contributed by atoms with E-state index in [1.165, 1.54) is 5.56 Å². The molecule has 0 fully saturated rings. The maximum atomic E-state index is 10.9. The molecule has 0 aliphatic heterocycles. The summed E-state index contributed by atoms with van der Waals surface area (Å²) < 4.78 is 0. The van der Waals surface area contributed by atoms with Crippen molar-refractivity contribution >= 4 is 17.4 Å². The number of Topliss-reactive ketones (excluding diaryl/α,β-unsaturated/α-hetero) is 1. The third-order valence-electron chi connectivity index (χ3n) is 1.67. The van der Waals surface area contributed by atoms with Crippen LogP contribution in [0.15, 0.2) is 24.3 Å². The molecule has 0 aromatic heterocycles. The molecule has 0 unspecified atom stereocenters. The molecular weight excluding hydrogens is 172 g/mol. The third-order valence-corrected chi connectivity index (χ3v) is 1.97. The van der Waals surface area contributed by atoms with E-state index in [0.717, 1.165) is 5.56 Å². The molecule has 0 saturated heterocycles. The monoisotopic (exact) mass is 182 g/mol. The zero-order chi connectivity index (χ0) is 8.97. The van der Waals surface area contributed by atoms with Crippen molar-refractivity contribution in [1.82, 2.24) is 0 Å². The van der Waals surface area contributed by atoms with E-state index in [1.54, 1.807) is 0 Å². The average Bonchev–Trinajstić information content (AvgIpc) is 2.09. The van der Waals surface area contributed by atoms with Crippen molar-refractivity contribution in [3.8, 4) is 0 Å². The van der Waals surface area contributed by atoms with E-state index in [9.17, 15) is 4.79 Å². The Morgan fingerprint density at radius 3 is 2.42 bits per heavy atom. The molecule has 0 aliphatic carbocycles. The highest BCUT2D eigenvalue weighted by Crippen LogP contribution is 2.04. The summed E-state index contributed by atoms with van der Waals surface area (Å²) in [6, 6.07) is 7.91. The van der Waals surface area contributed by atoms with Crippen LogP contribution in [-0.4, -0.2) is 11.7 Å². The van der Waals surface area contributed by atoms with Crippen LogP contribution in [0, 0.1) is 6.92 Å². The Balaban J connectivity index is 2.64. The number of ketones is 1. The second-order valence-corrected chi connectivity index (χ2v) is 3.10. The van der Waals surface area contributed by atoms with Crippen LogP contribution < -0.4 is 0 Å². The summed E-state index contributed by atoms with van der Waals surface area (Å²) in [6.07, 6.45) is 0.448. The predicted molar refractivity (Wildman–Crippen MR) is 50.6 cm³/mol. The van der Waals surface area contributed by atoms with Gasteiger partial charge >= 0.3 is 0 Å². The van der Waals surface area contributed by atoms with Gasteiger partial charge in [0, 0.05) is 6.42 Å². The molecular formula is C10H11ClO. The average molecular weight is 183 g/mol. The molecule has 0 bridgehead atoms. The predicted octanol–water partition coefficient (Wildman–Crippen LogP) is 2.35. The Kier molecular flexibility index (Phi) is 3.30. The van der Waals surface area contributed by atoms with Crippen LogP contribution in [0.5, 0.6) is 0 Å². The lowest BCUT2D eigenvalue weighted by atomic mass is 10.1. The number of rotatable bonds is 3.